The zero-order chi connectivity index (χ0) is 25.1. The summed E-state index contributed by atoms with van der Waals surface area (Å²) in [6.07, 6.45) is 1.46. The lowest BCUT2D eigenvalue weighted by Gasteiger charge is -2.38. The number of benzene rings is 3. The minimum absolute atomic E-state index is 0.0965. The first-order valence-electron chi connectivity index (χ1n) is 11.7. The highest BCUT2D eigenvalue weighted by Crippen LogP contribution is 2.38. The molecule has 1 aliphatic rings. The van der Waals surface area contributed by atoms with Gasteiger partial charge in [0.15, 0.2) is 5.69 Å². The first-order chi connectivity index (χ1) is 17.5. The maximum atomic E-state index is 13.2. The van der Waals surface area contributed by atoms with Gasteiger partial charge in [-0.15, -0.1) is 0 Å². The molecule has 1 unspecified atom stereocenters. The Bertz CT molecular complexity index is 1440. The van der Waals surface area contributed by atoms with Crippen LogP contribution in [0.3, 0.4) is 0 Å². The summed E-state index contributed by atoms with van der Waals surface area (Å²) in [5.74, 6) is -1.48. The largest absolute Gasteiger partial charge is 0.501 e. The van der Waals surface area contributed by atoms with Gasteiger partial charge in [0, 0.05) is 18.8 Å². The van der Waals surface area contributed by atoms with Gasteiger partial charge in [-0.1, -0.05) is 60.7 Å². The number of amides is 1. The number of rotatable bonds is 6. The normalized spacial score (nSPS) is 14.8. The fourth-order valence-electron chi connectivity index (χ4n) is 4.55. The fourth-order valence-corrected chi connectivity index (χ4v) is 4.55. The average Bonchev–Trinajstić information content (AvgIpc) is 2.90. The highest BCUT2D eigenvalue weighted by atomic mass is 19.1. The second kappa shape index (κ2) is 10.0. The van der Waals surface area contributed by atoms with Crippen molar-refractivity contribution in [2.75, 3.05) is 4.90 Å². The lowest BCUT2D eigenvalue weighted by Crippen LogP contribution is -2.36. The van der Waals surface area contributed by atoms with Gasteiger partial charge in [-0.25, -0.2) is 9.37 Å². The molecule has 2 heterocycles. The van der Waals surface area contributed by atoms with Crippen LogP contribution in [0.4, 0.5) is 10.1 Å². The number of fused-ring (bicyclic) bond motifs is 1. The van der Waals surface area contributed by atoms with Crippen LogP contribution in [0, 0.1) is 5.82 Å². The van der Waals surface area contributed by atoms with Crippen LogP contribution in [-0.2, 0) is 19.5 Å². The van der Waals surface area contributed by atoms with E-state index in [-0.39, 0.29) is 24.1 Å². The predicted molar refractivity (Wildman–Crippen MR) is 134 cm³/mol. The van der Waals surface area contributed by atoms with Crippen LogP contribution in [-0.4, -0.2) is 21.0 Å². The Morgan fingerprint density at radius 1 is 1.03 bits per heavy atom. The molecular formula is C28H25FN4O3. The first-order valence-corrected chi connectivity index (χ1v) is 11.7. The monoisotopic (exact) mass is 484 g/mol. The molecule has 36 heavy (non-hydrogen) atoms. The second-order valence-corrected chi connectivity index (χ2v) is 8.75. The molecule has 182 valence electrons. The van der Waals surface area contributed by atoms with E-state index < -0.39 is 17.2 Å². The summed E-state index contributed by atoms with van der Waals surface area (Å²) in [6.45, 7) is 0.679. The average molecular weight is 485 g/mol. The molecule has 0 radical (unpaired) electrons. The molecule has 1 atom stereocenters. The highest BCUT2D eigenvalue weighted by Gasteiger charge is 2.31. The molecule has 0 spiro atoms. The van der Waals surface area contributed by atoms with Crippen molar-refractivity contribution >= 4 is 11.6 Å². The van der Waals surface area contributed by atoms with E-state index in [0.717, 1.165) is 17.7 Å². The predicted octanol–water partition coefficient (Wildman–Crippen LogP) is 4.24. The third kappa shape index (κ3) is 4.84. The van der Waals surface area contributed by atoms with E-state index in [1.54, 1.807) is 12.1 Å². The summed E-state index contributed by atoms with van der Waals surface area (Å²) in [7, 11) is 0. The number of carbonyl (C=O) groups is 1. The van der Waals surface area contributed by atoms with Crippen molar-refractivity contribution in [3.63, 3.8) is 0 Å². The van der Waals surface area contributed by atoms with Crippen LogP contribution < -0.4 is 15.8 Å². The molecule has 1 aromatic heterocycles. The Hall–Kier alpha value is -4.46. The maximum Gasteiger partial charge on any atom is 0.294 e. The van der Waals surface area contributed by atoms with Gasteiger partial charge in [0.25, 0.3) is 11.5 Å². The van der Waals surface area contributed by atoms with E-state index in [1.165, 1.54) is 17.7 Å². The van der Waals surface area contributed by atoms with Crippen molar-refractivity contribution in [1.29, 1.82) is 0 Å². The number of hydrogen-bond donors (Lipinski definition) is 3. The molecule has 8 heteroatoms. The Balaban J connectivity index is 1.46. The molecule has 5 rings (SSSR count). The van der Waals surface area contributed by atoms with Crippen LogP contribution in [0.5, 0.6) is 5.75 Å². The minimum Gasteiger partial charge on any atom is -0.501 e. The van der Waals surface area contributed by atoms with Crippen LogP contribution in [0.15, 0.2) is 83.7 Å². The van der Waals surface area contributed by atoms with Crippen LogP contribution >= 0.6 is 0 Å². The molecule has 0 bridgehead atoms. The number of nitrogens with one attached hydrogen (secondary N) is 2. The van der Waals surface area contributed by atoms with E-state index in [4.69, 9.17) is 0 Å². The van der Waals surface area contributed by atoms with E-state index >= 15 is 0 Å². The summed E-state index contributed by atoms with van der Waals surface area (Å²) in [5, 5.41) is 13.0. The van der Waals surface area contributed by atoms with Crippen molar-refractivity contribution in [3.8, 4) is 5.75 Å². The molecule has 7 nitrogen and oxygen atoms in total. The maximum absolute atomic E-state index is 13.2. The zero-order valence-electron chi connectivity index (χ0n) is 19.4. The van der Waals surface area contributed by atoms with E-state index in [1.807, 2.05) is 48.5 Å². The van der Waals surface area contributed by atoms with Gasteiger partial charge in [-0.05, 0) is 47.7 Å². The number of aromatic nitrogens is 2. The Labute approximate surface area is 207 Å². The van der Waals surface area contributed by atoms with Gasteiger partial charge in [-0.2, -0.15) is 0 Å². The van der Waals surface area contributed by atoms with Gasteiger partial charge in [0.1, 0.15) is 11.6 Å². The second-order valence-electron chi connectivity index (χ2n) is 8.75. The summed E-state index contributed by atoms with van der Waals surface area (Å²) in [4.78, 5) is 34.8. The number of para-hydroxylation sites is 1. The Morgan fingerprint density at radius 3 is 2.53 bits per heavy atom. The molecule has 3 N–H and O–H groups in total. The van der Waals surface area contributed by atoms with Crippen molar-refractivity contribution in [2.45, 2.75) is 32.0 Å². The number of H-pyrrole nitrogens is 1. The van der Waals surface area contributed by atoms with Crippen molar-refractivity contribution in [2.24, 2.45) is 0 Å². The minimum atomic E-state index is -0.773. The molecule has 0 saturated carbocycles. The van der Waals surface area contributed by atoms with E-state index in [0.29, 0.717) is 24.4 Å². The standard InChI is InChI=1S/C28H25FN4O3/c29-21-13-10-18(11-14-21)16-30-27(35)24-25(34)28(36)32-26(31-24)23-15-12-20-8-4-5-9-22(20)33(23)17-19-6-2-1-3-7-19/h1-11,13-14,23,34H,12,15-17H2,(H,30,35)(H,31,32,36). The smallest absolute Gasteiger partial charge is 0.294 e. The zero-order valence-corrected chi connectivity index (χ0v) is 19.4. The number of halogens is 1. The van der Waals surface area contributed by atoms with Gasteiger partial charge < -0.3 is 20.3 Å². The topological polar surface area (TPSA) is 98.3 Å². The molecule has 0 aliphatic carbocycles. The van der Waals surface area contributed by atoms with Gasteiger partial charge in [-0.3, -0.25) is 9.59 Å². The van der Waals surface area contributed by atoms with Crippen LogP contribution in [0.2, 0.25) is 0 Å². The quantitative estimate of drug-likeness (QED) is 0.380. The lowest BCUT2D eigenvalue weighted by atomic mass is 9.94. The molecule has 4 aromatic rings. The number of aromatic amines is 1. The molecule has 1 aliphatic heterocycles. The van der Waals surface area contributed by atoms with Crippen molar-refractivity contribution in [1.82, 2.24) is 15.3 Å². The molecule has 3 aromatic carbocycles. The summed E-state index contributed by atoms with van der Waals surface area (Å²) < 4.78 is 13.2. The molecular weight excluding hydrogens is 459 g/mol. The number of carbonyl (C=O) groups excluding carboxylic acids is 1. The third-order valence-corrected chi connectivity index (χ3v) is 6.37. The number of anilines is 1. The Morgan fingerprint density at radius 2 is 1.75 bits per heavy atom. The fraction of sp³-hybridized carbons (Fsp3) is 0.179. The SMILES string of the molecule is O=C(NCc1ccc(F)cc1)c1nc(C2CCc3ccccc3N2Cc2ccccc2)[nH]c(=O)c1O. The first kappa shape index (κ1) is 23.3. The van der Waals surface area contributed by atoms with E-state index in [9.17, 15) is 19.1 Å². The van der Waals surface area contributed by atoms with Gasteiger partial charge in [0.05, 0.1) is 6.04 Å². The number of aromatic hydroxyl groups is 1. The van der Waals surface area contributed by atoms with Crippen LogP contribution in [0.25, 0.3) is 0 Å². The van der Waals surface area contributed by atoms with E-state index in [2.05, 4.69) is 26.3 Å². The van der Waals surface area contributed by atoms with Gasteiger partial charge >= 0.3 is 0 Å². The number of aryl methyl sites for hydroxylation is 1. The third-order valence-electron chi connectivity index (χ3n) is 6.37. The van der Waals surface area contributed by atoms with Crippen molar-refractivity contribution < 1.29 is 14.3 Å². The highest BCUT2D eigenvalue weighted by molar-refractivity contribution is 5.94. The van der Waals surface area contributed by atoms with Crippen LogP contribution in [0.1, 0.15) is 45.5 Å². The summed E-state index contributed by atoms with van der Waals surface area (Å²) >= 11 is 0. The number of nitrogens with zero attached hydrogens (tertiary/aromatic N) is 2. The van der Waals surface area contributed by atoms with Crippen molar-refractivity contribution in [3.05, 3.63) is 123 Å². The Kier molecular flexibility index (Phi) is 6.49. The molecule has 0 saturated heterocycles. The number of hydrogen-bond acceptors (Lipinski definition) is 5. The molecule has 0 fully saturated rings. The summed E-state index contributed by atoms with van der Waals surface area (Å²) in [5.41, 5.74) is 2.89. The lowest BCUT2D eigenvalue weighted by molar-refractivity contribution is 0.0942. The van der Waals surface area contributed by atoms with Gasteiger partial charge in [0.2, 0.25) is 5.75 Å². The summed E-state index contributed by atoms with van der Waals surface area (Å²) in [6, 6.07) is 23.5. The molecule has 1 amide bonds.